The van der Waals surface area contributed by atoms with E-state index in [-0.39, 0.29) is 0 Å². The van der Waals surface area contributed by atoms with E-state index in [4.69, 9.17) is 10.3 Å². The van der Waals surface area contributed by atoms with Crippen molar-refractivity contribution in [3.05, 3.63) is 17.5 Å². The minimum Gasteiger partial charge on any atom is -0.361 e. The highest BCUT2D eigenvalue weighted by Gasteiger charge is 2.16. The van der Waals surface area contributed by atoms with Crippen LogP contribution in [-0.2, 0) is 13.0 Å². The van der Waals surface area contributed by atoms with Gasteiger partial charge in [0, 0.05) is 24.6 Å². The molecule has 1 aliphatic rings. The molecule has 1 fully saturated rings. The average molecular weight is 195 g/mol. The maximum Gasteiger partial charge on any atom is 0.142 e. The van der Waals surface area contributed by atoms with Gasteiger partial charge in [-0.1, -0.05) is 11.6 Å². The Bertz CT molecular complexity index is 279. The number of aromatic nitrogens is 1. The van der Waals surface area contributed by atoms with E-state index in [0.29, 0.717) is 12.6 Å². The van der Waals surface area contributed by atoms with E-state index in [2.05, 4.69) is 10.5 Å². The molecule has 0 bridgehead atoms. The topological polar surface area (TPSA) is 64.1 Å². The molecule has 4 nitrogen and oxygen atoms in total. The molecule has 0 saturated carbocycles. The third-order valence-corrected chi connectivity index (χ3v) is 2.79. The van der Waals surface area contributed by atoms with Gasteiger partial charge in [0.05, 0.1) is 6.20 Å². The highest BCUT2D eigenvalue weighted by atomic mass is 16.5. The Morgan fingerprint density at radius 2 is 2.50 bits per heavy atom. The summed E-state index contributed by atoms with van der Waals surface area (Å²) in [6.45, 7) is 1.64. The molecular formula is C10H17N3O. The molecule has 0 aromatic carbocycles. The Morgan fingerprint density at radius 1 is 1.57 bits per heavy atom. The van der Waals surface area contributed by atoms with Crippen LogP contribution in [-0.4, -0.2) is 17.7 Å². The van der Waals surface area contributed by atoms with Crippen LogP contribution in [0.15, 0.2) is 10.7 Å². The molecule has 3 N–H and O–H groups in total. The van der Waals surface area contributed by atoms with Crippen LogP contribution in [0.25, 0.3) is 0 Å². The van der Waals surface area contributed by atoms with Crippen LogP contribution in [0.2, 0.25) is 0 Å². The van der Waals surface area contributed by atoms with E-state index in [1.54, 1.807) is 6.20 Å². The Labute approximate surface area is 83.8 Å². The summed E-state index contributed by atoms with van der Waals surface area (Å²) in [4.78, 5) is 0. The highest BCUT2D eigenvalue weighted by molar-refractivity contribution is 5.14. The van der Waals surface area contributed by atoms with Gasteiger partial charge in [-0.3, -0.25) is 0 Å². The number of hydrogen-bond acceptors (Lipinski definition) is 4. The molecule has 1 unspecified atom stereocenters. The zero-order chi connectivity index (χ0) is 9.80. The molecular weight excluding hydrogens is 178 g/mol. The van der Waals surface area contributed by atoms with Crippen molar-refractivity contribution >= 4 is 0 Å². The molecule has 14 heavy (non-hydrogen) atoms. The summed E-state index contributed by atoms with van der Waals surface area (Å²) >= 11 is 0. The Balaban J connectivity index is 1.95. The van der Waals surface area contributed by atoms with Crippen LogP contribution in [0.1, 0.15) is 30.6 Å². The van der Waals surface area contributed by atoms with Gasteiger partial charge in [0.2, 0.25) is 0 Å². The lowest BCUT2D eigenvalue weighted by atomic mass is 10.00. The monoisotopic (exact) mass is 195 g/mol. The molecule has 0 amide bonds. The zero-order valence-electron chi connectivity index (χ0n) is 8.33. The molecule has 0 radical (unpaired) electrons. The molecule has 0 aliphatic carbocycles. The van der Waals surface area contributed by atoms with Crippen LogP contribution in [0.4, 0.5) is 0 Å². The summed E-state index contributed by atoms with van der Waals surface area (Å²) in [5.74, 6) is 0.951. The fraction of sp³-hybridized carbons (Fsp3) is 0.700. The predicted octanol–water partition coefficient (Wildman–Crippen LogP) is 0.818. The lowest BCUT2D eigenvalue weighted by Gasteiger charge is -2.22. The third kappa shape index (κ3) is 2.13. The molecule has 1 atom stereocenters. The van der Waals surface area contributed by atoms with Gasteiger partial charge in [0.1, 0.15) is 5.76 Å². The average Bonchev–Trinajstić information content (AvgIpc) is 2.67. The third-order valence-electron chi connectivity index (χ3n) is 2.79. The van der Waals surface area contributed by atoms with Gasteiger partial charge in [0.25, 0.3) is 0 Å². The van der Waals surface area contributed by atoms with Crippen LogP contribution in [0.3, 0.4) is 0 Å². The minimum atomic E-state index is 0.519. The molecule has 1 saturated heterocycles. The summed E-state index contributed by atoms with van der Waals surface area (Å²) in [6.07, 6.45) is 6.47. The first-order valence-electron chi connectivity index (χ1n) is 5.26. The Hall–Kier alpha value is -0.870. The first kappa shape index (κ1) is 9.68. The summed E-state index contributed by atoms with van der Waals surface area (Å²) in [6, 6.07) is 0.544. The van der Waals surface area contributed by atoms with E-state index in [1.807, 2.05) is 0 Å². The van der Waals surface area contributed by atoms with E-state index in [9.17, 15) is 0 Å². The van der Waals surface area contributed by atoms with Crippen LogP contribution in [0.5, 0.6) is 0 Å². The first-order valence-corrected chi connectivity index (χ1v) is 5.26. The Morgan fingerprint density at radius 3 is 3.21 bits per heavy atom. The van der Waals surface area contributed by atoms with Crippen molar-refractivity contribution in [3.8, 4) is 0 Å². The van der Waals surface area contributed by atoms with Crippen molar-refractivity contribution in [1.29, 1.82) is 0 Å². The predicted molar refractivity (Wildman–Crippen MR) is 53.7 cm³/mol. The normalized spacial score (nSPS) is 22.5. The van der Waals surface area contributed by atoms with Crippen molar-refractivity contribution in [2.24, 2.45) is 5.73 Å². The largest absolute Gasteiger partial charge is 0.361 e. The Kier molecular flexibility index (Phi) is 3.16. The van der Waals surface area contributed by atoms with Crippen LogP contribution >= 0.6 is 0 Å². The van der Waals surface area contributed by atoms with Gasteiger partial charge in [0.15, 0.2) is 0 Å². The lowest BCUT2D eigenvalue weighted by Crippen LogP contribution is -2.35. The fourth-order valence-electron chi connectivity index (χ4n) is 1.94. The molecule has 2 rings (SSSR count). The molecule has 1 aliphatic heterocycles. The maximum absolute atomic E-state index is 5.58. The lowest BCUT2D eigenvalue weighted by molar-refractivity contribution is 0.335. The summed E-state index contributed by atoms with van der Waals surface area (Å²) < 4.78 is 5.19. The summed E-state index contributed by atoms with van der Waals surface area (Å²) in [5, 5.41) is 7.26. The van der Waals surface area contributed by atoms with E-state index in [1.165, 1.54) is 19.3 Å². The summed E-state index contributed by atoms with van der Waals surface area (Å²) in [5.41, 5.74) is 6.62. The number of hydrogen-bond donors (Lipinski definition) is 2. The molecule has 2 heterocycles. The summed E-state index contributed by atoms with van der Waals surface area (Å²) in [7, 11) is 0. The fourth-order valence-corrected chi connectivity index (χ4v) is 1.94. The number of rotatable bonds is 3. The molecule has 1 aromatic heterocycles. The minimum absolute atomic E-state index is 0.519. The molecule has 1 aromatic rings. The first-order chi connectivity index (χ1) is 6.90. The second-order valence-corrected chi connectivity index (χ2v) is 3.83. The molecule has 0 spiro atoms. The highest BCUT2D eigenvalue weighted by Crippen LogP contribution is 2.15. The second-order valence-electron chi connectivity index (χ2n) is 3.83. The van der Waals surface area contributed by atoms with E-state index < -0.39 is 0 Å². The number of nitrogens with one attached hydrogen (secondary N) is 1. The van der Waals surface area contributed by atoms with E-state index >= 15 is 0 Å². The van der Waals surface area contributed by atoms with Crippen molar-refractivity contribution in [2.45, 2.75) is 38.3 Å². The quantitative estimate of drug-likeness (QED) is 0.749. The van der Waals surface area contributed by atoms with Crippen molar-refractivity contribution in [3.63, 3.8) is 0 Å². The van der Waals surface area contributed by atoms with Crippen molar-refractivity contribution in [2.75, 3.05) is 6.54 Å². The number of nitrogens with zero attached hydrogens (tertiary/aromatic N) is 1. The molecule has 78 valence electrons. The van der Waals surface area contributed by atoms with E-state index in [0.717, 1.165) is 24.3 Å². The van der Waals surface area contributed by atoms with Crippen LogP contribution in [0, 0.1) is 0 Å². The molecule has 4 heteroatoms. The van der Waals surface area contributed by atoms with Gasteiger partial charge >= 0.3 is 0 Å². The van der Waals surface area contributed by atoms with Crippen molar-refractivity contribution < 1.29 is 4.52 Å². The number of piperidine rings is 1. The van der Waals surface area contributed by atoms with Gasteiger partial charge in [-0.2, -0.15) is 0 Å². The van der Waals surface area contributed by atoms with Gasteiger partial charge in [-0.05, 0) is 19.4 Å². The van der Waals surface area contributed by atoms with Crippen LogP contribution < -0.4 is 11.1 Å². The second kappa shape index (κ2) is 4.57. The van der Waals surface area contributed by atoms with Gasteiger partial charge in [-0.15, -0.1) is 0 Å². The smallest absolute Gasteiger partial charge is 0.142 e. The zero-order valence-corrected chi connectivity index (χ0v) is 8.33. The van der Waals surface area contributed by atoms with Gasteiger partial charge < -0.3 is 15.6 Å². The maximum atomic E-state index is 5.58. The standard InChI is InChI=1S/C10H17N3O/c11-6-8-7-13-14-10(8)5-9-3-1-2-4-12-9/h7,9,12H,1-6,11H2. The van der Waals surface area contributed by atoms with Crippen molar-refractivity contribution in [1.82, 2.24) is 10.5 Å². The number of nitrogens with two attached hydrogens (primary N) is 1. The van der Waals surface area contributed by atoms with Gasteiger partial charge in [-0.25, -0.2) is 0 Å². The SMILES string of the molecule is NCc1cnoc1CC1CCCCN1.